The van der Waals surface area contributed by atoms with Crippen LogP contribution in [0.1, 0.15) is 26.2 Å². The largest absolute Gasteiger partial charge is 0.464 e. The van der Waals surface area contributed by atoms with E-state index >= 15 is 0 Å². The van der Waals surface area contributed by atoms with Gasteiger partial charge in [0.25, 0.3) is 0 Å². The Morgan fingerprint density at radius 3 is 2.80 bits per heavy atom. The van der Waals surface area contributed by atoms with E-state index in [0.29, 0.717) is 13.2 Å². The fraction of sp³-hybridized carbons (Fsp3) is 0.727. The number of hydrogen-bond acceptors (Lipinski definition) is 4. The molecule has 0 saturated heterocycles. The minimum absolute atomic E-state index is 0.133. The Morgan fingerprint density at radius 1 is 1.40 bits per heavy atom. The Bertz CT molecular complexity index is 229. The minimum Gasteiger partial charge on any atom is -0.464 e. The molecular weight excluding hydrogens is 192 g/mol. The number of carbonyl (C=O) groups excluding carboxylic acids is 1. The lowest BCUT2D eigenvalue weighted by atomic mass is 10.3. The molecule has 0 aromatic rings. The van der Waals surface area contributed by atoms with E-state index < -0.39 is 0 Å². The Balaban J connectivity index is 2.06. The van der Waals surface area contributed by atoms with Gasteiger partial charge in [-0.3, -0.25) is 4.79 Å². The molecule has 15 heavy (non-hydrogen) atoms. The number of unbranched alkanes of at least 4 members (excludes halogenated alkanes) is 2. The Kier molecular flexibility index (Phi) is 5.01. The Hall–Kier alpha value is -1.19. The fourth-order valence-electron chi connectivity index (χ4n) is 1.44. The van der Waals surface area contributed by atoms with Gasteiger partial charge in [0.2, 0.25) is 0 Å². The zero-order valence-corrected chi connectivity index (χ0v) is 9.61. The monoisotopic (exact) mass is 212 g/mol. The van der Waals surface area contributed by atoms with Crippen LogP contribution in [0.15, 0.2) is 12.4 Å². The molecule has 1 heterocycles. The van der Waals surface area contributed by atoms with Crippen LogP contribution in [0, 0.1) is 0 Å². The highest BCUT2D eigenvalue weighted by Crippen LogP contribution is 2.03. The summed E-state index contributed by atoms with van der Waals surface area (Å²) in [7, 11) is 1.98. The van der Waals surface area contributed by atoms with Gasteiger partial charge >= 0.3 is 5.97 Å². The van der Waals surface area contributed by atoms with Crippen molar-refractivity contribution in [2.24, 2.45) is 0 Å². The Morgan fingerprint density at radius 2 is 2.20 bits per heavy atom. The maximum atomic E-state index is 11.4. The maximum absolute atomic E-state index is 11.4. The van der Waals surface area contributed by atoms with Crippen LogP contribution in [-0.2, 0) is 9.53 Å². The van der Waals surface area contributed by atoms with Crippen LogP contribution in [0.5, 0.6) is 0 Å². The summed E-state index contributed by atoms with van der Waals surface area (Å²) < 4.78 is 5.11. The van der Waals surface area contributed by atoms with E-state index in [0.717, 1.165) is 25.9 Å². The molecule has 0 fully saturated rings. The van der Waals surface area contributed by atoms with Crippen molar-refractivity contribution < 1.29 is 9.53 Å². The summed E-state index contributed by atoms with van der Waals surface area (Å²) in [6.45, 7) is 3.81. The van der Waals surface area contributed by atoms with Gasteiger partial charge in [0.1, 0.15) is 6.54 Å². The number of nitrogens with zero attached hydrogens (tertiary/aromatic N) is 2. The van der Waals surface area contributed by atoms with Crippen molar-refractivity contribution in [3.63, 3.8) is 0 Å². The standard InChI is InChI=1S/C11H20N2O2/c1-3-4-5-8-15-11(14)9-13-7-6-12(2)10-13/h6-7H,3-5,8-10H2,1-2H3. The lowest BCUT2D eigenvalue weighted by Crippen LogP contribution is -2.29. The van der Waals surface area contributed by atoms with E-state index in [-0.39, 0.29) is 5.97 Å². The molecule has 0 aromatic heterocycles. The van der Waals surface area contributed by atoms with Gasteiger partial charge in [-0.1, -0.05) is 19.8 Å². The molecule has 1 aliphatic heterocycles. The summed E-state index contributed by atoms with van der Waals surface area (Å²) in [5.41, 5.74) is 0. The number of carbonyl (C=O) groups is 1. The molecule has 0 aromatic carbocycles. The minimum atomic E-state index is -0.133. The number of esters is 1. The van der Waals surface area contributed by atoms with E-state index in [4.69, 9.17) is 4.74 Å². The highest BCUT2D eigenvalue weighted by molar-refractivity contribution is 5.71. The van der Waals surface area contributed by atoms with Crippen LogP contribution in [-0.4, -0.2) is 42.6 Å². The molecule has 0 N–H and O–H groups in total. The van der Waals surface area contributed by atoms with Crippen molar-refractivity contribution >= 4 is 5.97 Å². The van der Waals surface area contributed by atoms with Crippen LogP contribution in [0.4, 0.5) is 0 Å². The highest BCUT2D eigenvalue weighted by Gasteiger charge is 2.12. The van der Waals surface area contributed by atoms with E-state index in [1.807, 2.05) is 29.2 Å². The van der Waals surface area contributed by atoms with E-state index in [2.05, 4.69) is 6.92 Å². The van der Waals surface area contributed by atoms with Gasteiger partial charge in [-0.25, -0.2) is 0 Å². The molecule has 0 spiro atoms. The van der Waals surface area contributed by atoms with Crippen molar-refractivity contribution in [1.82, 2.24) is 9.80 Å². The topological polar surface area (TPSA) is 32.8 Å². The van der Waals surface area contributed by atoms with Crippen molar-refractivity contribution in [3.8, 4) is 0 Å². The average molecular weight is 212 g/mol. The molecule has 4 nitrogen and oxygen atoms in total. The lowest BCUT2D eigenvalue weighted by Gasteiger charge is -2.16. The average Bonchev–Trinajstić information content (AvgIpc) is 2.59. The van der Waals surface area contributed by atoms with Crippen LogP contribution in [0.3, 0.4) is 0 Å². The highest BCUT2D eigenvalue weighted by atomic mass is 16.5. The zero-order valence-electron chi connectivity index (χ0n) is 9.61. The molecule has 0 amide bonds. The predicted octanol–water partition coefficient (Wildman–Crippen LogP) is 1.40. The molecule has 0 saturated carbocycles. The van der Waals surface area contributed by atoms with Crippen molar-refractivity contribution in [1.29, 1.82) is 0 Å². The van der Waals surface area contributed by atoms with Gasteiger partial charge in [-0.15, -0.1) is 0 Å². The predicted molar refractivity (Wildman–Crippen MR) is 59.0 cm³/mol. The normalized spacial score (nSPS) is 14.8. The summed E-state index contributed by atoms with van der Waals surface area (Å²) >= 11 is 0. The van der Waals surface area contributed by atoms with Crippen molar-refractivity contribution in [2.45, 2.75) is 26.2 Å². The maximum Gasteiger partial charge on any atom is 0.325 e. The molecule has 0 bridgehead atoms. The lowest BCUT2D eigenvalue weighted by molar-refractivity contribution is -0.144. The second kappa shape index (κ2) is 6.32. The van der Waals surface area contributed by atoms with Gasteiger partial charge in [-0.2, -0.15) is 0 Å². The zero-order chi connectivity index (χ0) is 11.1. The molecule has 0 radical (unpaired) electrons. The molecule has 0 aliphatic carbocycles. The van der Waals surface area contributed by atoms with Gasteiger partial charge in [0, 0.05) is 19.4 Å². The van der Waals surface area contributed by atoms with Gasteiger partial charge < -0.3 is 14.5 Å². The Labute approximate surface area is 91.5 Å². The quantitative estimate of drug-likeness (QED) is 0.492. The molecule has 4 heteroatoms. The third-order valence-corrected chi connectivity index (χ3v) is 2.28. The second-order valence-electron chi connectivity index (χ2n) is 3.87. The van der Waals surface area contributed by atoms with E-state index in [9.17, 15) is 4.79 Å². The molecule has 86 valence electrons. The molecule has 0 atom stereocenters. The van der Waals surface area contributed by atoms with Crippen molar-refractivity contribution in [3.05, 3.63) is 12.4 Å². The van der Waals surface area contributed by atoms with Gasteiger partial charge in [0.05, 0.1) is 13.3 Å². The number of hydrogen-bond donors (Lipinski definition) is 0. The summed E-state index contributed by atoms with van der Waals surface area (Å²) in [5.74, 6) is -0.133. The van der Waals surface area contributed by atoms with Crippen LogP contribution < -0.4 is 0 Å². The first kappa shape index (κ1) is 11.9. The smallest absolute Gasteiger partial charge is 0.325 e. The first-order chi connectivity index (χ1) is 7.22. The van der Waals surface area contributed by atoms with Crippen LogP contribution in [0.2, 0.25) is 0 Å². The first-order valence-corrected chi connectivity index (χ1v) is 5.50. The third-order valence-electron chi connectivity index (χ3n) is 2.28. The summed E-state index contributed by atoms with van der Waals surface area (Å²) in [4.78, 5) is 15.3. The number of rotatable bonds is 6. The fourth-order valence-corrected chi connectivity index (χ4v) is 1.44. The summed E-state index contributed by atoms with van der Waals surface area (Å²) in [6, 6.07) is 0. The van der Waals surface area contributed by atoms with Crippen molar-refractivity contribution in [2.75, 3.05) is 26.9 Å². The summed E-state index contributed by atoms with van der Waals surface area (Å²) in [6.07, 6.45) is 7.10. The van der Waals surface area contributed by atoms with Crippen LogP contribution >= 0.6 is 0 Å². The molecule has 0 unspecified atom stereocenters. The molecule has 1 aliphatic rings. The third kappa shape index (κ3) is 4.72. The SMILES string of the molecule is CCCCCOC(=O)CN1C=CN(C)C1. The summed E-state index contributed by atoms with van der Waals surface area (Å²) in [5, 5.41) is 0. The first-order valence-electron chi connectivity index (χ1n) is 5.50. The number of ether oxygens (including phenoxy) is 1. The second-order valence-corrected chi connectivity index (χ2v) is 3.87. The van der Waals surface area contributed by atoms with E-state index in [1.165, 1.54) is 0 Å². The van der Waals surface area contributed by atoms with Crippen LogP contribution in [0.25, 0.3) is 0 Å². The molecule has 1 rings (SSSR count). The van der Waals surface area contributed by atoms with Gasteiger partial charge in [-0.05, 0) is 6.42 Å². The molecular formula is C11H20N2O2. The van der Waals surface area contributed by atoms with Gasteiger partial charge in [0.15, 0.2) is 0 Å². The van der Waals surface area contributed by atoms with E-state index in [1.54, 1.807) is 0 Å².